The summed E-state index contributed by atoms with van der Waals surface area (Å²) in [6, 6.07) is 25.5. The summed E-state index contributed by atoms with van der Waals surface area (Å²) in [7, 11) is 1.56. The second kappa shape index (κ2) is 14.1. The maximum Gasteiger partial charge on any atom is 0.329 e. The first-order valence-electron chi connectivity index (χ1n) is 17.6. The highest BCUT2D eigenvalue weighted by Gasteiger charge is 2.49. The Balaban J connectivity index is 1.23. The van der Waals surface area contributed by atoms with Gasteiger partial charge < -0.3 is 24.6 Å². The smallest absolute Gasteiger partial charge is 0.329 e. The third-order valence-corrected chi connectivity index (χ3v) is 10.4. The van der Waals surface area contributed by atoms with Crippen LogP contribution in [-0.4, -0.2) is 72.0 Å². The van der Waals surface area contributed by atoms with Gasteiger partial charge in [0.25, 0.3) is 5.91 Å². The lowest BCUT2D eigenvalue weighted by Gasteiger charge is -2.48. The molecule has 1 aliphatic carbocycles. The van der Waals surface area contributed by atoms with Crippen LogP contribution in [-0.2, 0) is 19.7 Å². The Hall–Kier alpha value is -4.59. The monoisotopic (exact) mass is 663 g/mol. The molecule has 3 atom stereocenters. The molecule has 2 fully saturated rings. The zero-order chi connectivity index (χ0) is 34.8. The van der Waals surface area contributed by atoms with Crippen molar-refractivity contribution in [2.24, 2.45) is 0 Å². The third-order valence-electron chi connectivity index (χ3n) is 10.4. The number of hydrogen-bond donors (Lipinski definition) is 1. The number of benzene rings is 3. The van der Waals surface area contributed by atoms with E-state index in [2.05, 4.69) is 46.6 Å². The Morgan fingerprint density at radius 2 is 1.53 bits per heavy atom. The summed E-state index contributed by atoms with van der Waals surface area (Å²) in [5, 5.41) is 3.15. The Kier molecular flexibility index (Phi) is 9.87. The molecule has 0 spiro atoms. The van der Waals surface area contributed by atoms with E-state index >= 15 is 0 Å². The summed E-state index contributed by atoms with van der Waals surface area (Å²) in [5.41, 5.74) is 3.42. The second-order valence-electron chi connectivity index (χ2n) is 14.6. The van der Waals surface area contributed by atoms with Crippen molar-refractivity contribution in [3.8, 4) is 5.75 Å². The van der Waals surface area contributed by atoms with E-state index in [1.165, 1.54) is 0 Å². The molecule has 0 radical (unpaired) electrons. The van der Waals surface area contributed by atoms with Crippen molar-refractivity contribution in [2.75, 3.05) is 26.7 Å². The summed E-state index contributed by atoms with van der Waals surface area (Å²) in [6.07, 6.45) is 4.31. The molecule has 1 N–H and O–H groups in total. The van der Waals surface area contributed by atoms with E-state index in [4.69, 9.17) is 16.1 Å². The normalized spacial score (nSPS) is 22.6. The molecule has 3 aromatic carbocycles. The number of nitrogens with zero attached hydrogens (tertiary/aromatic N) is 2. The van der Waals surface area contributed by atoms with Crippen molar-refractivity contribution in [1.29, 1.82) is 0 Å². The molecular formula is C41H49N3O5. The number of nitrogens with one attached hydrogen (secondary N) is 1. The van der Waals surface area contributed by atoms with Gasteiger partial charge in [0.05, 0.1) is 24.0 Å². The van der Waals surface area contributed by atoms with Crippen molar-refractivity contribution in [3.05, 3.63) is 113 Å². The van der Waals surface area contributed by atoms with Gasteiger partial charge in [0.2, 0.25) is 5.91 Å². The van der Waals surface area contributed by atoms with Crippen LogP contribution in [0.5, 0.6) is 5.75 Å². The Bertz CT molecular complexity index is 1690. The summed E-state index contributed by atoms with van der Waals surface area (Å²) < 4.78 is 11.3. The van der Waals surface area contributed by atoms with E-state index < -0.39 is 17.1 Å². The molecule has 2 amide bonds. The van der Waals surface area contributed by atoms with Crippen LogP contribution >= 0.6 is 0 Å². The predicted molar refractivity (Wildman–Crippen MR) is 190 cm³/mol. The fourth-order valence-electron chi connectivity index (χ4n) is 8.10. The first-order chi connectivity index (χ1) is 23.5. The van der Waals surface area contributed by atoms with Crippen LogP contribution in [0.2, 0.25) is 0 Å². The van der Waals surface area contributed by atoms with Gasteiger partial charge in [-0.15, -0.1) is 0 Å². The molecule has 3 aliphatic rings. The molecule has 258 valence electrons. The molecule has 8 nitrogen and oxygen atoms in total. The highest BCUT2D eigenvalue weighted by Crippen LogP contribution is 2.53. The first kappa shape index (κ1) is 34.3. The molecule has 0 aromatic heterocycles. The van der Waals surface area contributed by atoms with Gasteiger partial charge in [0, 0.05) is 31.4 Å². The highest BCUT2D eigenvalue weighted by atomic mass is 16.6. The number of piperidine rings is 1. The van der Waals surface area contributed by atoms with Gasteiger partial charge in [-0.25, -0.2) is 4.79 Å². The number of hydrogen-bond acceptors (Lipinski definition) is 6. The number of methoxy groups -OCH3 is 1. The minimum Gasteiger partial charge on any atom is -0.496 e. The van der Waals surface area contributed by atoms with Crippen molar-refractivity contribution in [3.63, 3.8) is 0 Å². The maximum atomic E-state index is 14.3. The van der Waals surface area contributed by atoms with Crippen LogP contribution in [0.15, 0.2) is 91.1 Å². The maximum absolute atomic E-state index is 14.3. The summed E-state index contributed by atoms with van der Waals surface area (Å²) in [4.78, 5) is 45.0. The second-order valence-corrected chi connectivity index (χ2v) is 14.6. The number of ether oxygens (including phenoxy) is 2. The minimum absolute atomic E-state index is 0.0208. The molecule has 2 aliphatic heterocycles. The topological polar surface area (TPSA) is 88.2 Å². The number of likely N-dealkylation sites (tertiary alicyclic amines) is 2. The zero-order valence-electron chi connectivity index (χ0n) is 29.2. The predicted octanol–water partition coefficient (Wildman–Crippen LogP) is 6.60. The van der Waals surface area contributed by atoms with Gasteiger partial charge in [-0.3, -0.25) is 9.59 Å². The number of carbonyl (C=O) groups excluding carboxylic acids is 3. The van der Waals surface area contributed by atoms with Crippen molar-refractivity contribution >= 4 is 17.8 Å². The van der Waals surface area contributed by atoms with Gasteiger partial charge in [0.15, 0.2) is 0 Å². The van der Waals surface area contributed by atoms with Gasteiger partial charge in [0.1, 0.15) is 17.4 Å². The van der Waals surface area contributed by atoms with Crippen molar-refractivity contribution in [2.45, 2.75) is 88.3 Å². The van der Waals surface area contributed by atoms with E-state index in [9.17, 15) is 14.4 Å². The fraction of sp³-hybridized carbons (Fsp3) is 0.439. The molecule has 3 aromatic rings. The summed E-state index contributed by atoms with van der Waals surface area (Å²) >= 11 is 0. The van der Waals surface area contributed by atoms with Crippen LogP contribution in [0.4, 0.5) is 0 Å². The van der Waals surface area contributed by atoms with E-state index in [0.717, 1.165) is 41.8 Å². The van der Waals surface area contributed by atoms with Crippen molar-refractivity contribution < 1.29 is 23.9 Å². The quantitative estimate of drug-likeness (QED) is 0.274. The Morgan fingerprint density at radius 3 is 2.24 bits per heavy atom. The molecule has 8 heteroatoms. The number of amides is 2. The number of esters is 1. The average Bonchev–Trinajstić information content (AvgIpc) is 3.61. The molecule has 0 unspecified atom stereocenters. The number of rotatable bonds is 8. The van der Waals surface area contributed by atoms with Gasteiger partial charge >= 0.3 is 5.97 Å². The number of carbonyl (C=O) groups is 3. The van der Waals surface area contributed by atoms with Crippen LogP contribution in [0.1, 0.15) is 92.3 Å². The molecule has 0 bridgehead atoms. The van der Waals surface area contributed by atoms with Crippen molar-refractivity contribution in [1.82, 2.24) is 15.1 Å². The third kappa shape index (κ3) is 6.83. The number of fused-ring (bicyclic) bond motifs is 1. The molecule has 2 heterocycles. The first-order valence-corrected chi connectivity index (χ1v) is 17.6. The lowest BCUT2D eigenvalue weighted by Crippen LogP contribution is -2.50. The van der Waals surface area contributed by atoms with E-state index in [1.54, 1.807) is 19.2 Å². The summed E-state index contributed by atoms with van der Waals surface area (Å²) in [6.45, 7) is 12.3. The zero-order valence-corrected chi connectivity index (χ0v) is 29.2. The van der Waals surface area contributed by atoms with Crippen LogP contribution in [0.3, 0.4) is 0 Å². The van der Waals surface area contributed by atoms with Crippen LogP contribution in [0, 0.1) is 0 Å². The standard InChI is InChI=1S/C41H49N3O5/c1-28(44-25-13-19-35(44)39(47)49-40(2,3)4)41(29-14-7-6-8-15-29)24-21-32(31-16-9-11-18-34(31)41)38(46)43-26-22-30(23-27-43)42-37(45)33-17-10-12-20-36(33)48-5/h6-12,14-18,20,30,32,35H,1,13,19,21-27H2,2-5H3,(H,42,45)/t32-,35-,41+/m0/s1. The van der Waals surface area contributed by atoms with Gasteiger partial charge in [-0.1, -0.05) is 73.3 Å². The van der Waals surface area contributed by atoms with Gasteiger partial charge in [-0.05, 0) is 88.1 Å². The molecular weight excluding hydrogens is 614 g/mol. The summed E-state index contributed by atoms with van der Waals surface area (Å²) in [5.74, 6) is 0.00702. The minimum atomic E-state index is -0.602. The molecule has 0 saturated carbocycles. The van der Waals surface area contributed by atoms with E-state index in [0.29, 0.717) is 50.1 Å². The molecule has 49 heavy (non-hydrogen) atoms. The SMILES string of the molecule is C=C(N1CCC[C@H]1C(=O)OC(C)(C)C)[C@@]1(c2ccccc2)CC[C@H](C(=O)N2CCC(NC(=O)c3ccccc3OC)CC2)c2ccccc21. The number of para-hydroxylation sites is 1. The lowest BCUT2D eigenvalue weighted by atomic mass is 9.61. The average molecular weight is 664 g/mol. The van der Waals surface area contributed by atoms with Crippen LogP contribution in [0.25, 0.3) is 0 Å². The fourth-order valence-corrected chi connectivity index (χ4v) is 8.10. The number of allylic oxidation sites excluding steroid dienone is 1. The van der Waals surface area contributed by atoms with E-state index in [1.807, 2.05) is 56.0 Å². The van der Waals surface area contributed by atoms with Gasteiger partial charge in [-0.2, -0.15) is 0 Å². The van der Waals surface area contributed by atoms with E-state index in [-0.39, 0.29) is 29.7 Å². The lowest BCUT2D eigenvalue weighted by molar-refractivity contribution is -0.159. The van der Waals surface area contributed by atoms with Crippen LogP contribution < -0.4 is 10.1 Å². The largest absolute Gasteiger partial charge is 0.496 e. The highest BCUT2D eigenvalue weighted by molar-refractivity contribution is 5.97. The molecule has 2 saturated heterocycles. The Morgan fingerprint density at radius 1 is 0.857 bits per heavy atom. The Labute approximate surface area is 290 Å². The molecule has 6 rings (SSSR count).